The molecular formula is C16H15FN2O4. The number of carboxylic acids is 1. The van der Waals surface area contributed by atoms with Crippen LogP contribution in [-0.4, -0.2) is 22.2 Å². The average Bonchev–Trinajstić information content (AvgIpc) is 2.53. The number of carbonyl (C=O) groups is 2. The van der Waals surface area contributed by atoms with Gasteiger partial charge in [0.1, 0.15) is 12.4 Å². The van der Waals surface area contributed by atoms with Crippen molar-refractivity contribution in [1.29, 1.82) is 0 Å². The topological polar surface area (TPSA) is 88.5 Å². The van der Waals surface area contributed by atoms with Crippen LogP contribution in [-0.2, 0) is 16.1 Å². The first-order valence-electron chi connectivity index (χ1n) is 6.84. The van der Waals surface area contributed by atoms with Crippen LogP contribution in [0.25, 0.3) is 0 Å². The number of pyridine rings is 1. The number of halogens is 1. The Bertz CT molecular complexity index is 679. The van der Waals surface area contributed by atoms with Crippen molar-refractivity contribution in [3.63, 3.8) is 0 Å². The Hall–Kier alpha value is -2.96. The minimum atomic E-state index is -1.17. The van der Waals surface area contributed by atoms with E-state index >= 15 is 0 Å². The van der Waals surface area contributed by atoms with E-state index in [0.717, 1.165) is 11.8 Å². The molecule has 0 unspecified atom stereocenters. The molecule has 120 valence electrons. The van der Waals surface area contributed by atoms with Crippen LogP contribution in [0.15, 0.2) is 48.8 Å². The zero-order valence-electron chi connectivity index (χ0n) is 12.1. The van der Waals surface area contributed by atoms with Crippen LogP contribution < -0.4 is 5.32 Å². The summed E-state index contributed by atoms with van der Waals surface area (Å²) in [6, 6.07) is 9.28. The molecule has 2 rings (SSSR count). The van der Waals surface area contributed by atoms with Gasteiger partial charge in [-0.25, -0.2) is 9.18 Å². The molecule has 1 aromatic carbocycles. The molecule has 0 spiro atoms. The van der Waals surface area contributed by atoms with Crippen molar-refractivity contribution in [1.82, 2.24) is 10.3 Å². The number of nitrogens with one attached hydrogen (secondary N) is 1. The average molecular weight is 318 g/mol. The second kappa shape index (κ2) is 7.88. The van der Waals surface area contributed by atoms with Gasteiger partial charge >= 0.3 is 12.1 Å². The number of hydrogen-bond acceptors (Lipinski definition) is 4. The van der Waals surface area contributed by atoms with Crippen molar-refractivity contribution >= 4 is 12.1 Å². The summed E-state index contributed by atoms with van der Waals surface area (Å²) in [5.41, 5.74) is 0.826. The predicted molar refractivity (Wildman–Crippen MR) is 79.0 cm³/mol. The molecule has 2 N–H and O–H groups in total. The van der Waals surface area contributed by atoms with Crippen LogP contribution >= 0.6 is 0 Å². The number of rotatable bonds is 6. The molecule has 1 amide bonds. The summed E-state index contributed by atoms with van der Waals surface area (Å²) in [7, 11) is 0. The lowest BCUT2D eigenvalue weighted by Gasteiger charge is -2.17. The lowest BCUT2D eigenvalue weighted by molar-refractivity contribution is -0.137. The minimum absolute atomic E-state index is 0.0330. The standard InChI is InChI=1S/C16H15FN2O4/c17-13-9-18-7-6-12(13)14(8-15(20)21)19-16(22)23-10-11-4-2-1-3-5-11/h1-7,9,14H,8,10H2,(H,19,22)(H,20,21)/t14-/m1/s1. The molecule has 0 radical (unpaired) electrons. The Labute approximate surface area is 131 Å². The molecule has 6 nitrogen and oxygen atoms in total. The van der Waals surface area contributed by atoms with E-state index in [4.69, 9.17) is 9.84 Å². The van der Waals surface area contributed by atoms with Gasteiger partial charge in [0, 0.05) is 11.8 Å². The van der Waals surface area contributed by atoms with Gasteiger partial charge in [0.2, 0.25) is 0 Å². The highest BCUT2D eigenvalue weighted by molar-refractivity contribution is 5.72. The highest BCUT2D eigenvalue weighted by Crippen LogP contribution is 2.19. The van der Waals surface area contributed by atoms with Crippen LogP contribution in [0, 0.1) is 5.82 Å². The fourth-order valence-corrected chi connectivity index (χ4v) is 1.99. The number of benzene rings is 1. The Kier molecular flexibility index (Phi) is 5.62. The maximum absolute atomic E-state index is 13.7. The SMILES string of the molecule is O=C(O)C[C@@H](NC(=O)OCc1ccccc1)c1ccncc1F. The van der Waals surface area contributed by atoms with Crippen molar-refractivity contribution in [3.8, 4) is 0 Å². The Morgan fingerprint density at radius 3 is 2.65 bits per heavy atom. The number of carboxylic acid groups (broad SMARTS) is 1. The maximum atomic E-state index is 13.7. The van der Waals surface area contributed by atoms with Crippen molar-refractivity contribution in [2.24, 2.45) is 0 Å². The van der Waals surface area contributed by atoms with Crippen LogP contribution in [0.2, 0.25) is 0 Å². The molecule has 1 aromatic heterocycles. The monoisotopic (exact) mass is 318 g/mol. The molecule has 0 bridgehead atoms. The van der Waals surface area contributed by atoms with Crippen molar-refractivity contribution in [3.05, 3.63) is 65.7 Å². The quantitative estimate of drug-likeness (QED) is 0.855. The van der Waals surface area contributed by atoms with E-state index in [1.807, 2.05) is 6.07 Å². The largest absolute Gasteiger partial charge is 0.481 e. The summed E-state index contributed by atoms with van der Waals surface area (Å²) < 4.78 is 18.8. The number of hydrogen-bond donors (Lipinski definition) is 2. The smallest absolute Gasteiger partial charge is 0.407 e. The maximum Gasteiger partial charge on any atom is 0.407 e. The zero-order valence-corrected chi connectivity index (χ0v) is 12.1. The van der Waals surface area contributed by atoms with Crippen molar-refractivity contribution in [2.45, 2.75) is 19.1 Å². The van der Waals surface area contributed by atoms with E-state index in [9.17, 15) is 14.0 Å². The molecule has 7 heteroatoms. The van der Waals surface area contributed by atoms with E-state index in [0.29, 0.717) is 0 Å². The van der Waals surface area contributed by atoms with Crippen molar-refractivity contribution < 1.29 is 23.8 Å². The highest BCUT2D eigenvalue weighted by Gasteiger charge is 2.21. The molecular weight excluding hydrogens is 303 g/mol. The Morgan fingerprint density at radius 1 is 1.26 bits per heavy atom. The summed E-state index contributed by atoms with van der Waals surface area (Å²) in [5, 5.41) is 11.3. The number of alkyl carbamates (subject to hydrolysis) is 1. The fourth-order valence-electron chi connectivity index (χ4n) is 1.99. The number of aliphatic carboxylic acids is 1. The van der Waals surface area contributed by atoms with Gasteiger partial charge in [-0.3, -0.25) is 9.78 Å². The number of nitrogens with zero attached hydrogens (tertiary/aromatic N) is 1. The highest BCUT2D eigenvalue weighted by atomic mass is 19.1. The lowest BCUT2D eigenvalue weighted by atomic mass is 10.1. The fraction of sp³-hybridized carbons (Fsp3) is 0.188. The molecule has 0 saturated carbocycles. The lowest BCUT2D eigenvalue weighted by Crippen LogP contribution is -2.31. The van der Waals surface area contributed by atoms with E-state index in [-0.39, 0.29) is 12.2 Å². The third-order valence-electron chi connectivity index (χ3n) is 3.06. The molecule has 2 aromatic rings. The van der Waals surface area contributed by atoms with Gasteiger partial charge in [0.25, 0.3) is 0 Å². The van der Waals surface area contributed by atoms with Crippen LogP contribution in [0.1, 0.15) is 23.6 Å². The summed E-state index contributed by atoms with van der Waals surface area (Å²) in [6.45, 7) is 0.0330. The summed E-state index contributed by atoms with van der Waals surface area (Å²) in [4.78, 5) is 26.3. The van der Waals surface area contributed by atoms with Gasteiger partial charge in [-0.1, -0.05) is 30.3 Å². The summed E-state index contributed by atoms with van der Waals surface area (Å²) in [6.07, 6.45) is 0.989. The normalized spacial score (nSPS) is 11.5. The van der Waals surface area contributed by atoms with Crippen molar-refractivity contribution in [2.75, 3.05) is 0 Å². The first-order chi connectivity index (χ1) is 11.1. The van der Waals surface area contributed by atoms with Crippen LogP contribution in [0.3, 0.4) is 0 Å². The third kappa shape index (κ3) is 5.06. The second-order valence-electron chi connectivity index (χ2n) is 4.75. The predicted octanol–water partition coefficient (Wildman–Crippen LogP) is 2.66. The van der Waals surface area contributed by atoms with Gasteiger partial charge in [0.05, 0.1) is 18.7 Å². The summed E-state index contributed by atoms with van der Waals surface area (Å²) >= 11 is 0. The van der Waals surface area contributed by atoms with Crippen LogP contribution in [0.4, 0.5) is 9.18 Å². The minimum Gasteiger partial charge on any atom is -0.481 e. The molecule has 1 atom stereocenters. The molecule has 0 saturated heterocycles. The molecule has 23 heavy (non-hydrogen) atoms. The van der Waals surface area contributed by atoms with E-state index in [1.54, 1.807) is 24.3 Å². The Balaban J connectivity index is 2.01. The first kappa shape index (κ1) is 16.4. The van der Waals surface area contributed by atoms with Gasteiger partial charge in [-0.15, -0.1) is 0 Å². The molecule has 0 aliphatic carbocycles. The third-order valence-corrected chi connectivity index (χ3v) is 3.06. The van der Waals surface area contributed by atoms with Gasteiger partial charge < -0.3 is 15.2 Å². The van der Waals surface area contributed by atoms with Gasteiger partial charge in [-0.2, -0.15) is 0 Å². The molecule has 0 aliphatic heterocycles. The van der Waals surface area contributed by atoms with E-state index < -0.39 is 30.3 Å². The Morgan fingerprint density at radius 2 is 2.00 bits per heavy atom. The van der Waals surface area contributed by atoms with Gasteiger partial charge in [0.15, 0.2) is 0 Å². The number of aromatic nitrogens is 1. The van der Waals surface area contributed by atoms with E-state index in [2.05, 4.69) is 10.3 Å². The van der Waals surface area contributed by atoms with E-state index in [1.165, 1.54) is 12.3 Å². The molecule has 1 heterocycles. The molecule has 0 aliphatic rings. The van der Waals surface area contributed by atoms with Crippen LogP contribution in [0.5, 0.6) is 0 Å². The van der Waals surface area contributed by atoms with Gasteiger partial charge in [-0.05, 0) is 11.6 Å². The number of ether oxygens (including phenoxy) is 1. The first-order valence-corrected chi connectivity index (χ1v) is 6.84. The number of amides is 1. The zero-order chi connectivity index (χ0) is 16.7. The summed E-state index contributed by atoms with van der Waals surface area (Å²) in [5.74, 6) is -1.86. The molecule has 0 fully saturated rings. The second-order valence-corrected chi connectivity index (χ2v) is 4.75. The number of carbonyl (C=O) groups excluding carboxylic acids is 1.